The molecule has 1 fully saturated rings. The Hall–Kier alpha value is -2.41. The summed E-state index contributed by atoms with van der Waals surface area (Å²) >= 11 is 0. The standard InChI is InChI=1S/C19H26FN3O3/c1-15-12-23(19(25)6-5-16-8-11-22(2)13-16)14-17(26-15)7-10-21-18(24)4-3-9-20/h3-6,8,11,13,15,17H,7,9-10,12,14H2,1-2H3,(H,21,24)/b4-3+,6-5+. The Morgan fingerprint density at radius 1 is 1.38 bits per heavy atom. The Kier molecular flexibility index (Phi) is 7.59. The summed E-state index contributed by atoms with van der Waals surface area (Å²) in [6.45, 7) is 2.70. The Labute approximate surface area is 153 Å². The van der Waals surface area contributed by atoms with E-state index in [-0.39, 0.29) is 24.0 Å². The van der Waals surface area contributed by atoms with Gasteiger partial charge in [-0.15, -0.1) is 0 Å². The predicted molar refractivity (Wildman–Crippen MR) is 98.1 cm³/mol. The second kappa shape index (κ2) is 9.91. The van der Waals surface area contributed by atoms with Crippen molar-refractivity contribution in [1.82, 2.24) is 14.8 Å². The van der Waals surface area contributed by atoms with Crippen LogP contribution >= 0.6 is 0 Å². The maximum atomic E-state index is 12.4. The Morgan fingerprint density at radius 3 is 2.88 bits per heavy atom. The van der Waals surface area contributed by atoms with E-state index in [0.717, 1.165) is 11.6 Å². The third kappa shape index (κ3) is 6.48. The minimum atomic E-state index is -0.662. The molecule has 1 aliphatic rings. The van der Waals surface area contributed by atoms with Crippen LogP contribution in [-0.4, -0.2) is 59.8 Å². The van der Waals surface area contributed by atoms with Crippen LogP contribution in [0.4, 0.5) is 4.39 Å². The number of allylic oxidation sites excluding steroid dienone is 1. The van der Waals surface area contributed by atoms with E-state index >= 15 is 0 Å². The molecule has 1 aromatic heterocycles. The Balaban J connectivity index is 1.82. The van der Waals surface area contributed by atoms with Crippen LogP contribution in [0.2, 0.25) is 0 Å². The molecule has 0 radical (unpaired) electrons. The zero-order valence-corrected chi connectivity index (χ0v) is 15.2. The molecule has 0 spiro atoms. The van der Waals surface area contributed by atoms with Crippen LogP contribution < -0.4 is 5.32 Å². The molecule has 0 bridgehead atoms. The fourth-order valence-electron chi connectivity index (χ4n) is 2.85. The second-order valence-electron chi connectivity index (χ2n) is 6.39. The highest BCUT2D eigenvalue weighted by Gasteiger charge is 2.27. The number of nitrogens with one attached hydrogen (secondary N) is 1. The number of carbonyl (C=O) groups is 2. The first kappa shape index (κ1) is 19.9. The van der Waals surface area contributed by atoms with E-state index in [4.69, 9.17) is 4.74 Å². The van der Waals surface area contributed by atoms with Gasteiger partial charge in [0, 0.05) is 51.2 Å². The van der Waals surface area contributed by atoms with E-state index < -0.39 is 6.67 Å². The lowest BCUT2D eigenvalue weighted by Crippen LogP contribution is -2.49. The smallest absolute Gasteiger partial charge is 0.246 e. The topological polar surface area (TPSA) is 63.6 Å². The molecule has 2 rings (SSSR count). The number of aryl methyl sites for hydroxylation is 1. The summed E-state index contributed by atoms with van der Waals surface area (Å²) in [7, 11) is 1.93. The summed E-state index contributed by atoms with van der Waals surface area (Å²) in [5.74, 6) is -0.380. The number of halogens is 1. The van der Waals surface area contributed by atoms with Gasteiger partial charge >= 0.3 is 0 Å². The number of aromatic nitrogens is 1. The lowest BCUT2D eigenvalue weighted by Gasteiger charge is -2.36. The zero-order valence-electron chi connectivity index (χ0n) is 15.2. The third-order valence-corrected chi connectivity index (χ3v) is 4.03. The van der Waals surface area contributed by atoms with Crippen molar-refractivity contribution in [2.24, 2.45) is 7.05 Å². The molecule has 1 N–H and O–H groups in total. The van der Waals surface area contributed by atoms with Crippen LogP contribution in [0.25, 0.3) is 6.08 Å². The second-order valence-corrected chi connectivity index (χ2v) is 6.39. The van der Waals surface area contributed by atoms with Crippen molar-refractivity contribution in [3.05, 3.63) is 42.3 Å². The summed E-state index contributed by atoms with van der Waals surface area (Å²) in [5.41, 5.74) is 0.975. The summed E-state index contributed by atoms with van der Waals surface area (Å²) in [6.07, 6.45) is 9.96. The molecule has 7 heteroatoms. The molecule has 26 heavy (non-hydrogen) atoms. The molecule has 2 heterocycles. The molecule has 1 aliphatic heterocycles. The van der Waals surface area contributed by atoms with E-state index in [1.165, 1.54) is 6.08 Å². The van der Waals surface area contributed by atoms with Crippen LogP contribution in [-0.2, 0) is 21.4 Å². The lowest BCUT2D eigenvalue weighted by molar-refractivity contribution is -0.139. The summed E-state index contributed by atoms with van der Waals surface area (Å²) in [5, 5.41) is 2.68. The molecule has 6 nitrogen and oxygen atoms in total. The van der Waals surface area contributed by atoms with Crippen molar-refractivity contribution in [3.63, 3.8) is 0 Å². The summed E-state index contributed by atoms with van der Waals surface area (Å²) in [6, 6.07) is 1.94. The number of alkyl halides is 1. The minimum absolute atomic E-state index is 0.0519. The minimum Gasteiger partial charge on any atom is -0.372 e. The molecule has 0 aliphatic carbocycles. The van der Waals surface area contributed by atoms with Crippen molar-refractivity contribution in [2.45, 2.75) is 25.6 Å². The predicted octanol–water partition coefficient (Wildman–Crippen LogP) is 1.69. The van der Waals surface area contributed by atoms with Gasteiger partial charge in [0.15, 0.2) is 0 Å². The third-order valence-electron chi connectivity index (χ3n) is 4.03. The SMILES string of the molecule is CC1CN(C(=O)/C=C/c2ccn(C)c2)CC(CCNC(=O)/C=C/CF)O1. The van der Waals surface area contributed by atoms with E-state index in [9.17, 15) is 14.0 Å². The number of carbonyl (C=O) groups excluding carboxylic acids is 2. The van der Waals surface area contributed by atoms with Crippen molar-refractivity contribution in [2.75, 3.05) is 26.3 Å². The summed E-state index contributed by atoms with van der Waals surface area (Å²) in [4.78, 5) is 25.6. The Morgan fingerprint density at radius 2 is 2.19 bits per heavy atom. The van der Waals surface area contributed by atoms with Crippen molar-refractivity contribution < 1.29 is 18.7 Å². The van der Waals surface area contributed by atoms with Crippen LogP contribution in [0.3, 0.4) is 0 Å². The maximum Gasteiger partial charge on any atom is 0.246 e. The molecular formula is C19H26FN3O3. The highest BCUT2D eigenvalue weighted by atomic mass is 19.1. The van der Waals surface area contributed by atoms with E-state index in [1.54, 1.807) is 17.1 Å². The molecule has 0 aromatic carbocycles. The van der Waals surface area contributed by atoms with Gasteiger partial charge in [0.25, 0.3) is 0 Å². The van der Waals surface area contributed by atoms with Crippen LogP contribution in [0, 0.1) is 0 Å². The molecule has 0 saturated carbocycles. The van der Waals surface area contributed by atoms with E-state index in [0.29, 0.717) is 26.1 Å². The van der Waals surface area contributed by atoms with Gasteiger partial charge in [-0.1, -0.05) is 0 Å². The molecule has 2 amide bonds. The lowest BCUT2D eigenvalue weighted by atomic mass is 10.1. The average Bonchev–Trinajstić information content (AvgIpc) is 3.02. The van der Waals surface area contributed by atoms with E-state index in [1.807, 2.05) is 37.0 Å². The molecule has 142 valence electrons. The largest absolute Gasteiger partial charge is 0.372 e. The van der Waals surface area contributed by atoms with Gasteiger partial charge < -0.3 is 19.5 Å². The number of morpholine rings is 1. The fourth-order valence-corrected chi connectivity index (χ4v) is 2.85. The van der Waals surface area contributed by atoms with Crippen molar-refractivity contribution in [3.8, 4) is 0 Å². The maximum absolute atomic E-state index is 12.4. The zero-order chi connectivity index (χ0) is 18.9. The number of nitrogens with zero attached hydrogens (tertiary/aromatic N) is 2. The number of hydrogen-bond acceptors (Lipinski definition) is 3. The quantitative estimate of drug-likeness (QED) is 0.750. The van der Waals surface area contributed by atoms with Gasteiger partial charge in [-0.3, -0.25) is 9.59 Å². The van der Waals surface area contributed by atoms with Gasteiger partial charge in [0.2, 0.25) is 11.8 Å². The molecular weight excluding hydrogens is 337 g/mol. The monoisotopic (exact) mass is 363 g/mol. The first-order chi connectivity index (χ1) is 12.5. The van der Waals surface area contributed by atoms with Crippen molar-refractivity contribution >= 4 is 17.9 Å². The van der Waals surface area contributed by atoms with Crippen molar-refractivity contribution in [1.29, 1.82) is 0 Å². The van der Waals surface area contributed by atoms with Crippen LogP contribution in [0.5, 0.6) is 0 Å². The highest BCUT2D eigenvalue weighted by Crippen LogP contribution is 2.14. The molecule has 2 atom stereocenters. The summed E-state index contributed by atoms with van der Waals surface area (Å²) < 4.78 is 19.7. The van der Waals surface area contributed by atoms with Gasteiger partial charge in [-0.05, 0) is 37.1 Å². The molecule has 2 unspecified atom stereocenters. The number of rotatable bonds is 7. The number of amides is 2. The highest BCUT2D eigenvalue weighted by molar-refractivity contribution is 5.91. The molecule has 1 saturated heterocycles. The van der Waals surface area contributed by atoms with Gasteiger partial charge in [-0.25, -0.2) is 4.39 Å². The first-order valence-electron chi connectivity index (χ1n) is 8.72. The normalized spacial score (nSPS) is 20.8. The Bertz CT molecular complexity index is 669. The number of hydrogen-bond donors (Lipinski definition) is 1. The number of ether oxygens (including phenoxy) is 1. The van der Waals surface area contributed by atoms with Crippen LogP contribution in [0.1, 0.15) is 18.9 Å². The van der Waals surface area contributed by atoms with E-state index in [2.05, 4.69) is 5.32 Å². The van der Waals surface area contributed by atoms with Gasteiger partial charge in [-0.2, -0.15) is 0 Å². The van der Waals surface area contributed by atoms with Gasteiger partial charge in [0.05, 0.1) is 12.2 Å². The molecule has 1 aromatic rings. The van der Waals surface area contributed by atoms with Crippen LogP contribution in [0.15, 0.2) is 36.7 Å². The fraction of sp³-hybridized carbons (Fsp3) is 0.474. The average molecular weight is 363 g/mol. The first-order valence-corrected chi connectivity index (χ1v) is 8.72. The van der Waals surface area contributed by atoms with Gasteiger partial charge in [0.1, 0.15) is 6.67 Å².